The third-order valence-electron chi connectivity index (χ3n) is 3.18. The molecule has 1 aromatic carbocycles. The van der Waals surface area contributed by atoms with Gasteiger partial charge in [0.1, 0.15) is 6.29 Å². The third kappa shape index (κ3) is 2.68. The highest BCUT2D eigenvalue weighted by atomic mass is 31.2. The number of carboxylic acid groups (broad SMARTS) is 1. The fraction of sp³-hybridized carbons (Fsp3) is 0.385. The largest absolute Gasteiger partial charge is 0.480 e. The number of rotatable bonds is 8. The predicted octanol–water partition coefficient (Wildman–Crippen LogP) is 2.43. The number of carbonyl (C=O) groups excluding carboxylic acids is 1. The fourth-order valence-corrected chi connectivity index (χ4v) is 4.03. The second-order valence-electron chi connectivity index (χ2n) is 4.10. The van der Waals surface area contributed by atoms with E-state index in [9.17, 15) is 19.3 Å². The van der Waals surface area contributed by atoms with Crippen molar-refractivity contribution in [3.63, 3.8) is 0 Å². The van der Waals surface area contributed by atoms with E-state index in [1.807, 2.05) is 0 Å². The highest BCUT2D eigenvalue weighted by Gasteiger charge is 2.57. The van der Waals surface area contributed by atoms with Crippen LogP contribution in [0.25, 0.3) is 0 Å². The normalized spacial score (nSPS) is 14.5. The van der Waals surface area contributed by atoms with Crippen molar-refractivity contribution in [2.45, 2.75) is 18.0 Å². The van der Waals surface area contributed by atoms with Gasteiger partial charge in [-0.2, -0.15) is 0 Å². The molecule has 0 aliphatic rings. The van der Waals surface area contributed by atoms with E-state index in [1.165, 1.54) is 12.1 Å². The van der Waals surface area contributed by atoms with E-state index in [-0.39, 0.29) is 18.4 Å². The zero-order valence-electron chi connectivity index (χ0n) is 11.3. The van der Waals surface area contributed by atoms with Crippen molar-refractivity contribution in [3.05, 3.63) is 35.9 Å². The number of carbonyl (C=O) groups is 2. The van der Waals surface area contributed by atoms with Gasteiger partial charge in [-0.15, -0.1) is 0 Å². The second kappa shape index (κ2) is 6.79. The van der Waals surface area contributed by atoms with Gasteiger partial charge in [0.15, 0.2) is 5.16 Å². The van der Waals surface area contributed by atoms with Gasteiger partial charge >= 0.3 is 13.6 Å². The summed E-state index contributed by atoms with van der Waals surface area (Å²) in [5, 5.41) is 7.75. The Morgan fingerprint density at radius 3 is 2.25 bits per heavy atom. The van der Waals surface area contributed by atoms with Crippen LogP contribution in [-0.4, -0.2) is 31.6 Å². The van der Waals surface area contributed by atoms with Gasteiger partial charge in [0.25, 0.3) is 0 Å². The van der Waals surface area contributed by atoms with E-state index in [2.05, 4.69) is 0 Å². The standard InChI is InChI=1S/C13H17O6P/c1-18-20(17,19-2)13(12(15)16,9-6-10-14)11-7-4-3-5-8-11/h3-5,7-8,10H,6,9H2,1-2H3,(H,15,16). The van der Waals surface area contributed by atoms with Gasteiger partial charge in [0.05, 0.1) is 0 Å². The summed E-state index contributed by atoms with van der Waals surface area (Å²) in [4.78, 5) is 22.5. The van der Waals surface area contributed by atoms with E-state index >= 15 is 0 Å². The summed E-state index contributed by atoms with van der Waals surface area (Å²) in [7, 11) is -1.73. The first-order chi connectivity index (χ1) is 9.48. The van der Waals surface area contributed by atoms with Crippen LogP contribution in [0.15, 0.2) is 30.3 Å². The molecular weight excluding hydrogens is 283 g/mol. The van der Waals surface area contributed by atoms with Gasteiger partial charge in [0, 0.05) is 20.6 Å². The molecule has 6 nitrogen and oxygen atoms in total. The van der Waals surface area contributed by atoms with Crippen LogP contribution in [0.4, 0.5) is 0 Å². The predicted molar refractivity (Wildman–Crippen MR) is 72.7 cm³/mol. The van der Waals surface area contributed by atoms with Gasteiger partial charge in [0.2, 0.25) is 0 Å². The minimum absolute atomic E-state index is 0.0715. The van der Waals surface area contributed by atoms with Gasteiger partial charge < -0.3 is 18.9 Å². The quantitative estimate of drug-likeness (QED) is 0.586. The molecule has 0 heterocycles. The first kappa shape index (κ1) is 16.6. The van der Waals surface area contributed by atoms with Crippen LogP contribution in [0.3, 0.4) is 0 Å². The van der Waals surface area contributed by atoms with E-state index in [1.54, 1.807) is 18.2 Å². The van der Waals surface area contributed by atoms with E-state index in [4.69, 9.17) is 9.05 Å². The van der Waals surface area contributed by atoms with Crippen molar-refractivity contribution in [2.24, 2.45) is 0 Å². The first-order valence-corrected chi connectivity index (χ1v) is 7.47. The summed E-state index contributed by atoms with van der Waals surface area (Å²) in [6, 6.07) is 8.03. The summed E-state index contributed by atoms with van der Waals surface area (Å²) >= 11 is 0. The fourth-order valence-electron chi connectivity index (χ4n) is 2.15. The summed E-state index contributed by atoms with van der Waals surface area (Å²) in [6.45, 7) is 0. The molecule has 0 saturated carbocycles. The zero-order chi connectivity index (χ0) is 15.2. The molecule has 0 aliphatic carbocycles. The number of carboxylic acids is 1. The average Bonchev–Trinajstić information content (AvgIpc) is 2.48. The molecule has 0 amide bonds. The molecule has 1 aromatic rings. The molecule has 1 unspecified atom stereocenters. The molecule has 0 radical (unpaired) electrons. The second-order valence-corrected chi connectivity index (χ2v) is 6.59. The maximum Gasteiger partial charge on any atom is 0.351 e. The topological polar surface area (TPSA) is 89.9 Å². The molecule has 7 heteroatoms. The molecule has 20 heavy (non-hydrogen) atoms. The summed E-state index contributed by atoms with van der Waals surface area (Å²) in [5.41, 5.74) is 0.279. The van der Waals surface area contributed by atoms with E-state index in [0.29, 0.717) is 6.29 Å². The van der Waals surface area contributed by atoms with Crippen LogP contribution in [0, 0.1) is 0 Å². The molecule has 0 bridgehead atoms. The van der Waals surface area contributed by atoms with Gasteiger partial charge in [-0.25, -0.2) is 0 Å². The van der Waals surface area contributed by atoms with Crippen LogP contribution < -0.4 is 0 Å². The molecule has 1 N–H and O–H groups in total. The average molecular weight is 300 g/mol. The lowest BCUT2D eigenvalue weighted by atomic mass is 9.93. The molecule has 0 aliphatic heterocycles. The molecule has 110 valence electrons. The van der Waals surface area contributed by atoms with Crippen molar-refractivity contribution in [2.75, 3.05) is 14.2 Å². The van der Waals surface area contributed by atoms with E-state index < -0.39 is 18.7 Å². The number of hydrogen-bond donors (Lipinski definition) is 1. The summed E-state index contributed by atoms with van der Waals surface area (Å²) in [6.07, 6.45) is 0.336. The Morgan fingerprint density at radius 1 is 1.30 bits per heavy atom. The number of aliphatic carboxylic acids is 1. The molecule has 0 saturated heterocycles. The number of aldehydes is 1. The summed E-state index contributed by atoms with van der Waals surface area (Å²) in [5.74, 6) is -1.35. The van der Waals surface area contributed by atoms with Crippen LogP contribution in [-0.2, 0) is 28.4 Å². The Morgan fingerprint density at radius 2 is 1.85 bits per heavy atom. The van der Waals surface area contributed by atoms with Crippen molar-refractivity contribution in [1.29, 1.82) is 0 Å². The monoisotopic (exact) mass is 300 g/mol. The lowest BCUT2D eigenvalue weighted by Crippen LogP contribution is -2.37. The lowest BCUT2D eigenvalue weighted by Gasteiger charge is -2.34. The van der Waals surface area contributed by atoms with E-state index in [0.717, 1.165) is 14.2 Å². The Labute approximate surface area is 117 Å². The molecule has 0 spiro atoms. The van der Waals surface area contributed by atoms with Crippen molar-refractivity contribution in [1.82, 2.24) is 0 Å². The minimum Gasteiger partial charge on any atom is -0.480 e. The summed E-state index contributed by atoms with van der Waals surface area (Å²) < 4.78 is 22.6. The van der Waals surface area contributed by atoms with Gasteiger partial charge in [-0.1, -0.05) is 30.3 Å². The van der Waals surface area contributed by atoms with Gasteiger partial charge in [-0.05, 0) is 12.0 Å². The minimum atomic E-state index is -3.99. The van der Waals surface area contributed by atoms with Crippen LogP contribution in [0.1, 0.15) is 18.4 Å². The maximum absolute atomic E-state index is 12.8. The molecular formula is C13H17O6P. The van der Waals surface area contributed by atoms with Crippen LogP contribution >= 0.6 is 7.60 Å². The Bertz CT molecular complexity index is 507. The highest BCUT2D eigenvalue weighted by Crippen LogP contribution is 2.66. The Balaban J connectivity index is 3.55. The SMILES string of the molecule is COP(=O)(OC)C(CCC=O)(C(=O)O)c1ccccc1. The third-order valence-corrected chi connectivity index (χ3v) is 5.75. The zero-order valence-corrected chi connectivity index (χ0v) is 12.2. The molecule has 0 fully saturated rings. The lowest BCUT2D eigenvalue weighted by molar-refractivity contribution is -0.141. The number of hydrogen-bond acceptors (Lipinski definition) is 5. The Hall–Kier alpha value is -1.49. The number of benzene rings is 1. The molecule has 1 rings (SSSR count). The van der Waals surface area contributed by atoms with Crippen molar-refractivity contribution >= 4 is 19.9 Å². The van der Waals surface area contributed by atoms with Crippen LogP contribution in [0.2, 0.25) is 0 Å². The molecule has 0 aromatic heterocycles. The molecule has 1 atom stereocenters. The van der Waals surface area contributed by atoms with Crippen LogP contribution in [0.5, 0.6) is 0 Å². The van der Waals surface area contributed by atoms with Gasteiger partial charge in [-0.3, -0.25) is 9.36 Å². The Kier molecular flexibility index (Phi) is 5.62. The maximum atomic E-state index is 12.8. The highest BCUT2D eigenvalue weighted by molar-refractivity contribution is 7.56. The smallest absolute Gasteiger partial charge is 0.351 e. The van der Waals surface area contributed by atoms with Crippen molar-refractivity contribution in [3.8, 4) is 0 Å². The first-order valence-electron chi connectivity index (χ1n) is 5.92. The van der Waals surface area contributed by atoms with Crippen molar-refractivity contribution < 1.29 is 28.3 Å².